The molecule has 0 fully saturated rings. The summed E-state index contributed by atoms with van der Waals surface area (Å²) >= 11 is 0. The van der Waals surface area contributed by atoms with Crippen LogP contribution in [0.2, 0.25) is 0 Å². The molecule has 0 aromatic heterocycles. The lowest BCUT2D eigenvalue weighted by Crippen LogP contribution is -2.27. The number of hydrogen-bond acceptors (Lipinski definition) is 1. The third-order valence-electron chi connectivity index (χ3n) is 4.62. The zero-order chi connectivity index (χ0) is 30.2. The first kappa shape index (κ1) is 9.94. The summed E-state index contributed by atoms with van der Waals surface area (Å²) in [4.78, 5) is 1.39. The maximum Gasteiger partial charge on any atom is 0.0717 e. The van der Waals surface area contributed by atoms with E-state index in [1.165, 1.54) is 4.90 Å². The predicted molar refractivity (Wildman–Crippen MR) is 120 cm³/mol. The Morgan fingerprint density at radius 3 is 2.89 bits per heavy atom. The average molecular weight is 374 g/mol. The summed E-state index contributed by atoms with van der Waals surface area (Å²) in [5, 5.41) is 1.90. The number of allylic oxidation sites excluding steroid dienone is 1. The van der Waals surface area contributed by atoms with Crippen molar-refractivity contribution in [1.29, 1.82) is 0 Å². The monoisotopic (exact) mass is 373 g/mol. The van der Waals surface area contributed by atoms with Gasteiger partial charge in [0.1, 0.15) is 0 Å². The van der Waals surface area contributed by atoms with Crippen LogP contribution < -0.4 is 0 Å². The van der Waals surface area contributed by atoms with Gasteiger partial charge in [-0.15, -0.1) is 0 Å². The fourth-order valence-corrected chi connectivity index (χ4v) is 2.86. The lowest BCUT2D eigenvalue weighted by Gasteiger charge is -2.28. The van der Waals surface area contributed by atoms with E-state index in [1.807, 2.05) is 43.3 Å². The molecule has 2 aromatic carbocycles. The zero-order valence-corrected chi connectivity index (χ0v) is 16.4. The van der Waals surface area contributed by atoms with E-state index in [1.54, 1.807) is 13.8 Å². The predicted octanol–water partition coefficient (Wildman–Crippen LogP) is 6.92. The van der Waals surface area contributed by atoms with Gasteiger partial charge in [-0.3, -0.25) is 4.90 Å². The Hall–Kier alpha value is -2.04. The maximum absolute atomic E-state index is 8.76. The highest BCUT2D eigenvalue weighted by atomic mass is 15.1. The summed E-state index contributed by atoms with van der Waals surface area (Å²) in [6.07, 6.45) is -3.73. The number of hydrogen-bond donors (Lipinski definition) is 0. The highest BCUT2D eigenvalue weighted by molar-refractivity contribution is 5.86. The molecule has 2 atom stereocenters. The summed E-state index contributed by atoms with van der Waals surface area (Å²) in [6.45, 7) is -1.98. The number of benzene rings is 2. The van der Waals surface area contributed by atoms with Crippen LogP contribution in [0.25, 0.3) is 10.8 Å². The van der Waals surface area contributed by atoms with Gasteiger partial charge < -0.3 is 0 Å². The van der Waals surface area contributed by atoms with Gasteiger partial charge in [-0.1, -0.05) is 80.6 Å². The molecular weight excluding hydrogens is 326 g/mol. The number of nitrogens with zero attached hydrogens (tertiary/aromatic N) is 1. The second kappa shape index (κ2) is 9.77. The van der Waals surface area contributed by atoms with Gasteiger partial charge in [-0.05, 0) is 62.4 Å². The van der Waals surface area contributed by atoms with E-state index in [2.05, 4.69) is 11.8 Å². The Bertz CT molecular complexity index is 1260. The third kappa shape index (κ3) is 5.47. The Morgan fingerprint density at radius 1 is 1.33 bits per heavy atom. The summed E-state index contributed by atoms with van der Waals surface area (Å²) < 4.78 is 97.1. The van der Waals surface area contributed by atoms with Crippen LogP contribution in [0.4, 0.5) is 0 Å². The Labute approximate surface area is 183 Å². The van der Waals surface area contributed by atoms with Crippen molar-refractivity contribution in [2.75, 3.05) is 13.0 Å². The molecule has 2 rings (SSSR count). The standard InChI is InChI=1S/C26H35N/c1-7-26(6,8-2)18-11-10-12-19-27(9-3)22(5)24-15-13-14-23-17-16-21(4)20-25(23)24/h10,12-17,20,22H,7-9,19H2,1-6H3/b12-10+/i1D3,6D3,8D2,10D,12D,19D2. The number of rotatable bonds is 7. The Kier molecular flexibility index (Phi) is 3.60. The van der Waals surface area contributed by atoms with Crippen molar-refractivity contribution in [3.63, 3.8) is 0 Å². The van der Waals surface area contributed by atoms with Crippen LogP contribution in [-0.4, -0.2) is 17.9 Å². The first-order valence-electron chi connectivity index (χ1n) is 15.1. The van der Waals surface area contributed by atoms with E-state index in [-0.39, 0.29) is 6.54 Å². The topological polar surface area (TPSA) is 3.24 Å². The molecule has 0 amide bonds. The quantitative estimate of drug-likeness (QED) is 0.476. The van der Waals surface area contributed by atoms with E-state index in [0.29, 0.717) is 0 Å². The molecule has 0 heterocycles. The van der Waals surface area contributed by atoms with E-state index < -0.39 is 56.6 Å². The number of likely N-dealkylation sites (N-methyl/N-ethyl adjacent to an activating group) is 1. The highest BCUT2D eigenvalue weighted by Gasteiger charge is 2.16. The molecule has 0 spiro atoms. The van der Waals surface area contributed by atoms with Gasteiger partial charge in [0.15, 0.2) is 0 Å². The minimum Gasteiger partial charge on any atom is -0.293 e. The molecule has 0 saturated heterocycles. The first-order valence-corrected chi connectivity index (χ1v) is 9.06. The molecule has 0 bridgehead atoms. The lowest BCUT2D eigenvalue weighted by atomic mass is 9.86. The second-order valence-corrected chi connectivity index (χ2v) is 6.48. The van der Waals surface area contributed by atoms with Crippen LogP contribution in [0, 0.1) is 24.2 Å². The third-order valence-corrected chi connectivity index (χ3v) is 4.62. The van der Waals surface area contributed by atoms with E-state index in [4.69, 9.17) is 16.4 Å². The number of aryl methyl sites for hydroxylation is 1. The summed E-state index contributed by atoms with van der Waals surface area (Å²) in [6, 6.07) is 9.42. The maximum atomic E-state index is 8.76. The van der Waals surface area contributed by atoms with Gasteiger partial charge in [0.2, 0.25) is 0 Å². The summed E-state index contributed by atoms with van der Waals surface area (Å²) in [5.41, 5.74) is -0.822. The molecule has 0 radical (unpaired) electrons. The van der Waals surface area contributed by atoms with Gasteiger partial charge >= 0.3 is 0 Å². The van der Waals surface area contributed by atoms with Crippen molar-refractivity contribution < 1.29 is 16.4 Å². The molecule has 0 aliphatic carbocycles. The molecule has 144 valence electrons. The second-order valence-electron chi connectivity index (χ2n) is 6.48. The fourth-order valence-electron chi connectivity index (χ4n) is 2.86. The molecule has 0 N–H and O–H groups in total. The largest absolute Gasteiger partial charge is 0.293 e. The minimum absolute atomic E-state index is 0.162. The molecule has 1 heteroatoms. The summed E-state index contributed by atoms with van der Waals surface area (Å²) in [7, 11) is 0. The molecule has 0 aliphatic heterocycles. The smallest absolute Gasteiger partial charge is 0.0717 e. The van der Waals surface area contributed by atoms with Crippen molar-refractivity contribution in [2.24, 2.45) is 5.41 Å². The van der Waals surface area contributed by atoms with Gasteiger partial charge in [0.25, 0.3) is 0 Å². The van der Waals surface area contributed by atoms with Crippen LogP contribution in [0.1, 0.15) is 80.9 Å². The molecule has 2 unspecified atom stereocenters. The SMILES string of the molecule is [2H]/C(C#CC(CC([2H])([2H])[2H])(C([2H])([2H])[2H])C([2H])([2H])C)=C(/[2H])C([2H])([2H])N(CC)C(C)c1cccc2ccc(C)cc12. The van der Waals surface area contributed by atoms with Crippen molar-refractivity contribution in [3.05, 3.63) is 59.6 Å². The van der Waals surface area contributed by atoms with E-state index in [9.17, 15) is 0 Å². The normalized spacial score (nSPS) is 24.2. The van der Waals surface area contributed by atoms with Gasteiger partial charge in [0, 0.05) is 31.7 Å². The Balaban J connectivity index is 2.64. The summed E-state index contributed by atoms with van der Waals surface area (Å²) in [5.74, 6) is 4.32. The van der Waals surface area contributed by atoms with Crippen LogP contribution >= 0.6 is 0 Å². The van der Waals surface area contributed by atoms with E-state index >= 15 is 0 Å². The van der Waals surface area contributed by atoms with Crippen molar-refractivity contribution in [1.82, 2.24) is 4.90 Å². The van der Waals surface area contributed by atoms with Crippen LogP contribution in [0.3, 0.4) is 0 Å². The van der Waals surface area contributed by atoms with E-state index in [0.717, 1.165) is 28.8 Å². The molecule has 27 heavy (non-hydrogen) atoms. The molecule has 0 saturated carbocycles. The highest BCUT2D eigenvalue weighted by Crippen LogP contribution is 2.29. The first-order chi connectivity index (χ1) is 17.6. The lowest BCUT2D eigenvalue weighted by molar-refractivity contribution is 0.248. The zero-order valence-electron chi connectivity index (χ0n) is 28.4. The van der Waals surface area contributed by atoms with Crippen molar-refractivity contribution in [2.45, 2.75) is 60.2 Å². The average Bonchev–Trinajstić information content (AvgIpc) is 2.78. The Morgan fingerprint density at radius 2 is 2.19 bits per heavy atom. The van der Waals surface area contributed by atoms with Crippen LogP contribution in [0.15, 0.2) is 48.5 Å². The van der Waals surface area contributed by atoms with Gasteiger partial charge in [0.05, 0.1) is 2.74 Å². The van der Waals surface area contributed by atoms with Gasteiger partial charge in [-0.2, -0.15) is 0 Å². The minimum atomic E-state index is -3.18. The number of fused-ring (bicyclic) bond motifs is 1. The van der Waals surface area contributed by atoms with Crippen LogP contribution in [-0.2, 0) is 0 Å². The van der Waals surface area contributed by atoms with Crippen molar-refractivity contribution in [3.8, 4) is 11.8 Å². The fraction of sp³-hybridized carbons (Fsp3) is 0.462. The van der Waals surface area contributed by atoms with Gasteiger partial charge in [-0.25, -0.2) is 0 Å². The molecule has 1 nitrogen and oxygen atoms in total. The molecular formula is C26H35N. The van der Waals surface area contributed by atoms with Crippen molar-refractivity contribution >= 4 is 10.8 Å². The molecule has 2 aromatic rings. The van der Waals surface area contributed by atoms with Crippen LogP contribution in [0.5, 0.6) is 0 Å². The molecule has 0 aliphatic rings.